The Morgan fingerprint density at radius 2 is 2.00 bits per heavy atom. The molecule has 6 nitrogen and oxygen atoms in total. The molecule has 22 heavy (non-hydrogen) atoms. The third kappa shape index (κ3) is 4.73. The van der Waals surface area contributed by atoms with Crippen LogP contribution < -0.4 is 10.6 Å². The van der Waals surface area contributed by atoms with Gasteiger partial charge in [0.05, 0.1) is 12.5 Å². The predicted octanol–water partition coefficient (Wildman–Crippen LogP) is 1.66. The zero-order valence-corrected chi connectivity index (χ0v) is 12.9. The summed E-state index contributed by atoms with van der Waals surface area (Å²) < 4.78 is 4.81. The first-order valence-corrected chi connectivity index (χ1v) is 7.33. The summed E-state index contributed by atoms with van der Waals surface area (Å²) in [5, 5.41) is 5.59. The molecule has 0 heterocycles. The number of rotatable bonds is 6. The van der Waals surface area contributed by atoms with Gasteiger partial charge in [0.15, 0.2) is 6.61 Å². The topological polar surface area (TPSA) is 84.5 Å². The van der Waals surface area contributed by atoms with Crippen LogP contribution in [-0.4, -0.2) is 30.9 Å². The van der Waals surface area contributed by atoms with Crippen LogP contribution in [0.25, 0.3) is 0 Å². The molecular formula is C15H17ClN2O4. The molecule has 1 aliphatic carbocycles. The molecule has 0 bridgehead atoms. The van der Waals surface area contributed by atoms with E-state index in [1.54, 1.807) is 25.1 Å². The summed E-state index contributed by atoms with van der Waals surface area (Å²) in [6.07, 6.45) is 1.64. The monoisotopic (exact) mass is 324 g/mol. The van der Waals surface area contributed by atoms with Crippen molar-refractivity contribution in [3.05, 3.63) is 28.8 Å². The molecule has 0 aromatic heterocycles. The summed E-state index contributed by atoms with van der Waals surface area (Å²) >= 11 is 5.96. The van der Waals surface area contributed by atoms with Gasteiger partial charge in [-0.3, -0.25) is 14.4 Å². The van der Waals surface area contributed by atoms with Crippen LogP contribution in [-0.2, 0) is 19.1 Å². The third-order valence-electron chi connectivity index (χ3n) is 3.24. The van der Waals surface area contributed by atoms with Gasteiger partial charge < -0.3 is 15.4 Å². The molecule has 2 rings (SSSR count). The highest BCUT2D eigenvalue weighted by atomic mass is 35.5. The van der Waals surface area contributed by atoms with E-state index in [4.69, 9.17) is 16.3 Å². The minimum atomic E-state index is -0.507. The summed E-state index contributed by atoms with van der Waals surface area (Å²) in [4.78, 5) is 34.5. The Kier molecular flexibility index (Phi) is 5.38. The van der Waals surface area contributed by atoms with E-state index in [1.165, 1.54) is 0 Å². The fraction of sp³-hybridized carbons (Fsp3) is 0.400. The lowest BCUT2D eigenvalue weighted by Crippen LogP contribution is -2.35. The standard InChI is InChI=1S/C15H17ClN2O4/c1-9-11(16)3-2-4-12(9)18-13(19)7-17-14(20)8-22-15(21)10-5-6-10/h2-4,10H,5-8H2,1H3,(H,17,20)(H,18,19). The highest BCUT2D eigenvalue weighted by Crippen LogP contribution is 2.29. The second-order valence-corrected chi connectivity index (χ2v) is 5.53. The number of hydrogen-bond acceptors (Lipinski definition) is 4. The van der Waals surface area contributed by atoms with Crippen molar-refractivity contribution in [1.29, 1.82) is 0 Å². The fourth-order valence-corrected chi connectivity index (χ4v) is 1.92. The van der Waals surface area contributed by atoms with E-state index in [-0.39, 0.29) is 30.9 Å². The molecule has 7 heteroatoms. The first kappa shape index (κ1) is 16.3. The van der Waals surface area contributed by atoms with Crippen LogP contribution >= 0.6 is 11.6 Å². The van der Waals surface area contributed by atoms with Gasteiger partial charge in [0.1, 0.15) is 0 Å². The van der Waals surface area contributed by atoms with Crippen molar-refractivity contribution in [2.45, 2.75) is 19.8 Å². The van der Waals surface area contributed by atoms with E-state index in [1.807, 2.05) is 0 Å². The summed E-state index contributed by atoms with van der Waals surface area (Å²) in [6, 6.07) is 5.17. The third-order valence-corrected chi connectivity index (χ3v) is 3.65. The van der Waals surface area contributed by atoms with Gasteiger partial charge in [-0.15, -0.1) is 0 Å². The average molecular weight is 325 g/mol. The van der Waals surface area contributed by atoms with Crippen molar-refractivity contribution in [1.82, 2.24) is 5.32 Å². The highest BCUT2D eigenvalue weighted by molar-refractivity contribution is 6.31. The summed E-state index contributed by atoms with van der Waals surface area (Å²) in [5.41, 5.74) is 1.34. The van der Waals surface area contributed by atoms with Gasteiger partial charge in [0.25, 0.3) is 5.91 Å². The van der Waals surface area contributed by atoms with Crippen LogP contribution in [0.3, 0.4) is 0 Å². The van der Waals surface area contributed by atoms with E-state index >= 15 is 0 Å². The van der Waals surface area contributed by atoms with Gasteiger partial charge in [-0.25, -0.2) is 0 Å². The number of nitrogens with one attached hydrogen (secondary N) is 2. The molecule has 1 fully saturated rings. The Morgan fingerprint density at radius 3 is 2.68 bits per heavy atom. The Bertz CT molecular complexity index is 599. The lowest BCUT2D eigenvalue weighted by molar-refractivity contribution is -0.149. The minimum absolute atomic E-state index is 0.0538. The maximum Gasteiger partial charge on any atom is 0.309 e. The zero-order chi connectivity index (χ0) is 16.1. The Labute approximate surface area is 133 Å². The van der Waals surface area contributed by atoms with Crippen molar-refractivity contribution in [2.24, 2.45) is 5.92 Å². The van der Waals surface area contributed by atoms with Crippen molar-refractivity contribution in [3.8, 4) is 0 Å². The molecule has 0 saturated heterocycles. The first-order valence-electron chi connectivity index (χ1n) is 6.95. The van der Waals surface area contributed by atoms with Crippen LogP contribution in [0.5, 0.6) is 0 Å². The van der Waals surface area contributed by atoms with Gasteiger partial charge in [-0.1, -0.05) is 17.7 Å². The molecule has 1 aromatic carbocycles. The molecule has 0 aliphatic heterocycles. The number of halogens is 1. The van der Waals surface area contributed by atoms with Gasteiger partial charge in [-0.2, -0.15) is 0 Å². The van der Waals surface area contributed by atoms with Crippen molar-refractivity contribution < 1.29 is 19.1 Å². The number of anilines is 1. The van der Waals surface area contributed by atoms with Crippen molar-refractivity contribution in [3.63, 3.8) is 0 Å². The molecule has 1 aliphatic rings. The summed E-state index contributed by atoms with van der Waals surface area (Å²) in [5.74, 6) is -1.30. The predicted molar refractivity (Wildman–Crippen MR) is 81.5 cm³/mol. The fourth-order valence-electron chi connectivity index (χ4n) is 1.74. The molecule has 0 radical (unpaired) electrons. The highest BCUT2D eigenvalue weighted by Gasteiger charge is 2.31. The molecular weight excluding hydrogens is 308 g/mol. The second-order valence-electron chi connectivity index (χ2n) is 5.12. The number of esters is 1. The second kappa shape index (κ2) is 7.26. The SMILES string of the molecule is Cc1c(Cl)cccc1NC(=O)CNC(=O)COC(=O)C1CC1. The lowest BCUT2D eigenvalue weighted by atomic mass is 10.2. The van der Waals surface area contributed by atoms with E-state index in [0.29, 0.717) is 10.7 Å². The van der Waals surface area contributed by atoms with Gasteiger partial charge >= 0.3 is 5.97 Å². The van der Waals surface area contributed by atoms with Crippen molar-refractivity contribution >= 4 is 35.1 Å². The minimum Gasteiger partial charge on any atom is -0.455 e. The van der Waals surface area contributed by atoms with Crippen LogP contribution in [0.2, 0.25) is 5.02 Å². The maximum atomic E-state index is 11.8. The number of hydrogen-bond donors (Lipinski definition) is 2. The quantitative estimate of drug-likeness (QED) is 0.779. The molecule has 118 valence electrons. The van der Waals surface area contributed by atoms with Gasteiger partial charge in [-0.05, 0) is 37.5 Å². The molecule has 0 spiro atoms. The molecule has 1 saturated carbocycles. The molecule has 0 atom stereocenters. The normalized spacial score (nSPS) is 13.4. The lowest BCUT2D eigenvalue weighted by Gasteiger charge is -2.10. The van der Waals surface area contributed by atoms with Crippen LogP contribution in [0, 0.1) is 12.8 Å². The number of benzene rings is 1. The Balaban J connectivity index is 1.71. The van der Waals surface area contributed by atoms with Gasteiger partial charge in [0.2, 0.25) is 5.91 Å². The average Bonchev–Trinajstić information content (AvgIpc) is 3.32. The Hall–Kier alpha value is -2.08. The molecule has 0 unspecified atom stereocenters. The van der Waals surface area contributed by atoms with Crippen LogP contribution in [0.15, 0.2) is 18.2 Å². The molecule has 2 amide bonds. The number of carbonyl (C=O) groups excluding carboxylic acids is 3. The molecule has 2 N–H and O–H groups in total. The number of amides is 2. The van der Waals surface area contributed by atoms with E-state index in [2.05, 4.69) is 10.6 Å². The maximum absolute atomic E-state index is 11.8. The van der Waals surface area contributed by atoms with Gasteiger partial charge in [0, 0.05) is 10.7 Å². The van der Waals surface area contributed by atoms with Crippen LogP contribution in [0.4, 0.5) is 5.69 Å². The van der Waals surface area contributed by atoms with E-state index in [0.717, 1.165) is 18.4 Å². The zero-order valence-electron chi connectivity index (χ0n) is 12.1. The van der Waals surface area contributed by atoms with E-state index in [9.17, 15) is 14.4 Å². The number of carbonyl (C=O) groups is 3. The smallest absolute Gasteiger partial charge is 0.309 e. The Morgan fingerprint density at radius 1 is 1.27 bits per heavy atom. The first-order chi connectivity index (χ1) is 10.5. The van der Waals surface area contributed by atoms with Crippen molar-refractivity contribution in [2.75, 3.05) is 18.5 Å². The summed E-state index contributed by atoms with van der Waals surface area (Å²) in [6.45, 7) is 1.22. The molecule has 1 aromatic rings. The summed E-state index contributed by atoms with van der Waals surface area (Å²) in [7, 11) is 0. The number of ether oxygens (including phenoxy) is 1. The van der Waals surface area contributed by atoms with E-state index < -0.39 is 5.91 Å². The largest absolute Gasteiger partial charge is 0.455 e. The van der Waals surface area contributed by atoms with Crippen LogP contribution in [0.1, 0.15) is 18.4 Å².